The smallest absolute Gasteiger partial charge is 0.407 e. The molecule has 2 aliphatic heterocycles. The molecule has 2 aromatic carbocycles. The Bertz CT molecular complexity index is 1070. The predicted octanol–water partition coefficient (Wildman–Crippen LogP) is 3.91. The number of amides is 1. The number of benzene rings is 2. The van der Waals surface area contributed by atoms with Crippen LogP contribution in [0.2, 0.25) is 0 Å². The predicted molar refractivity (Wildman–Crippen MR) is 115 cm³/mol. The third kappa shape index (κ3) is 4.27. The van der Waals surface area contributed by atoms with Crippen LogP contribution in [0.25, 0.3) is 0 Å². The van der Waals surface area contributed by atoms with Gasteiger partial charge in [0, 0.05) is 18.0 Å². The van der Waals surface area contributed by atoms with Crippen LogP contribution < -0.4 is 5.32 Å². The molecule has 2 fully saturated rings. The van der Waals surface area contributed by atoms with E-state index in [0.717, 1.165) is 24.1 Å². The molecule has 32 heavy (non-hydrogen) atoms. The topological polar surface area (TPSA) is 75.7 Å². The molecule has 2 unspecified atom stereocenters. The largest absolute Gasteiger partial charge is 0.444 e. The van der Waals surface area contributed by atoms with Gasteiger partial charge in [0.2, 0.25) is 11.6 Å². The van der Waals surface area contributed by atoms with Gasteiger partial charge in [-0.05, 0) is 30.2 Å². The lowest BCUT2D eigenvalue weighted by Crippen LogP contribution is -2.45. The Morgan fingerprint density at radius 1 is 1.12 bits per heavy atom. The van der Waals surface area contributed by atoms with Gasteiger partial charge in [-0.1, -0.05) is 49.2 Å². The average molecular weight is 461 g/mol. The summed E-state index contributed by atoms with van der Waals surface area (Å²) in [7, 11) is 0. The highest BCUT2D eigenvalue weighted by Gasteiger charge is 2.41. The minimum Gasteiger partial charge on any atom is -0.444 e. The second kappa shape index (κ2) is 8.99. The van der Waals surface area contributed by atoms with Crippen LogP contribution in [0, 0.1) is 11.6 Å². The van der Waals surface area contributed by atoms with Crippen LogP contribution in [0.5, 0.6) is 0 Å². The quantitative estimate of drug-likeness (QED) is 0.539. The third-order valence-electron chi connectivity index (χ3n) is 5.88. The van der Waals surface area contributed by atoms with Crippen molar-refractivity contribution < 1.29 is 27.9 Å². The molecule has 1 amide bonds. The molecule has 2 heterocycles. The van der Waals surface area contributed by atoms with E-state index in [4.69, 9.17) is 4.74 Å². The summed E-state index contributed by atoms with van der Waals surface area (Å²) in [6.45, 7) is 3.42. The summed E-state index contributed by atoms with van der Waals surface area (Å²) < 4.78 is 36.6. The Hall–Kier alpha value is -2.78. The fourth-order valence-corrected chi connectivity index (χ4v) is 5.13. The molecule has 1 N–H and O–H groups in total. The summed E-state index contributed by atoms with van der Waals surface area (Å²) in [6.07, 6.45) is -1.17. The molecular weight excluding hydrogens is 438 g/mol. The molecule has 4 rings (SSSR count). The van der Waals surface area contributed by atoms with Crippen molar-refractivity contribution in [2.24, 2.45) is 0 Å². The van der Waals surface area contributed by atoms with Gasteiger partial charge in [0.15, 0.2) is 0 Å². The number of carbonyl (C=O) groups is 3. The molecule has 0 aliphatic carbocycles. The lowest BCUT2D eigenvalue weighted by molar-refractivity contribution is -0.139. The maximum atomic E-state index is 15.0. The van der Waals surface area contributed by atoms with E-state index in [-0.39, 0.29) is 24.2 Å². The van der Waals surface area contributed by atoms with Crippen molar-refractivity contribution >= 4 is 29.6 Å². The molecule has 0 radical (unpaired) electrons. The number of carbonyl (C=O) groups excluding carboxylic acids is 3. The summed E-state index contributed by atoms with van der Waals surface area (Å²) in [6, 6.07) is 10.4. The van der Waals surface area contributed by atoms with Gasteiger partial charge < -0.3 is 10.1 Å². The molecule has 6 nitrogen and oxygen atoms in total. The summed E-state index contributed by atoms with van der Waals surface area (Å²) in [4.78, 5) is 36.4. The zero-order chi connectivity index (χ0) is 23.0. The summed E-state index contributed by atoms with van der Waals surface area (Å²) in [5.74, 6) is -2.84. The van der Waals surface area contributed by atoms with Crippen LogP contribution in [0.15, 0.2) is 42.5 Å². The molecular formula is C23H22F2N2O4S. The highest BCUT2D eigenvalue weighted by molar-refractivity contribution is 7.98. The molecule has 2 aliphatic rings. The number of cyclic esters (lactones) is 1. The van der Waals surface area contributed by atoms with Gasteiger partial charge in [0.1, 0.15) is 23.0 Å². The van der Waals surface area contributed by atoms with Crippen LogP contribution in [0.3, 0.4) is 0 Å². The van der Waals surface area contributed by atoms with Crippen molar-refractivity contribution in [3.63, 3.8) is 0 Å². The van der Waals surface area contributed by atoms with Gasteiger partial charge in [-0.25, -0.2) is 17.9 Å². The van der Waals surface area contributed by atoms with Crippen molar-refractivity contribution in [1.82, 2.24) is 9.62 Å². The van der Waals surface area contributed by atoms with Gasteiger partial charge in [-0.15, -0.1) is 0 Å². The highest BCUT2D eigenvalue weighted by Crippen LogP contribution is 2.40. The van der Waals surface area contributed by atoms with Crippen molar-refractivity contribution in [2.45, 2.75) is 43.7 Å². The highest BCUT2D eigenvalue weighted by atomic mass is 32.2. The van der Waals surface area contributed by atoms with Gasteiger partial charge in [-0.3, -0.25) is 9.59 Å². The van der Waals surface area contributed by atoms with E-state index >= 15 is 0 Å². The first-order valence-corrected chi connectivity index (χ1v) is 11.1. The molecule has 0 bridgehead atoms. The van der Waals surface area contributed by atoms with E-state index < -0.39 is 52.6 Å². The van der Waals surface area contributed by atoms with Gasteiger partial charge >= 0.3 is 6.09 Å². The second-order valence-corrected chi connectivity index (χ2v) is 9.11. The van der Waals surface area contributed by atoms with Crippen LogP contribution in [0.4, 0.5) is 13.6 Å². The lowest BCUT2D eigenvalue weighted by Gasteiger charge is -2.35. The van der Waals surface area contributed by atoms with Crippen molar-refractivity contribution in [2.75, 3.05) is 6.54 Å². The van der Waals surface area contributed by atoms with Crippen LogP contribution in [-0.4, -0.2) is 40.7 Å². The molecule has 2 saturated heterocycles. The maximum absolute atomic E-state index is 15.0. The van der Waals surface area contributed by atoms with E-state index in [1.165, 1.54) is 0 Å². The van der Waals surface area contributed by atoms with Crippen molar-refractivity contribution in [3.05, 3.63) is 70.8 Å². The number of ether oxygens (including phenoxy) is 1. The average Bonchev–Trinajstić information content (AvgIpc) is 3.22. The summed E-state index contributed by atoms with van der Waals surface area (Å²) in [5.41, 5.74) is 0.872. The van der Waals surface area contributed by atoms with Gasteiger partial charge in [0.05, 0.1) is 12.6 Å². The van der Waals surface area contributed by atoms with Crippen LogP contribution in [0.1, 0.15) is 41.7 Å². The monoisotopic (exact) mass is 460 g/mol. The van der Waals surface area contributed by atoms with Gasteiger partial charge in [-0.2, -0.15) is 0 Å². The molecule has 4 atom stereocenters. The SMILES string of the molecule is CC(c1cc(F)c(CN2S[C@H](c3ccccc3)C(=O)C(=O)[C@@H]2C)cc1F)C1CNC(=O)O1. The number of rotatable bonds is 5. The second-order valence-electron chi connectivity index (χ2n) is 7.95. The van der Waals surface area contributed by atoms with Crippen molar-refractivity contribution in [1.29, 1.82) is 0 Å². The molecule has 168 valence electrons. The minimum absolute atomic E-state index is 0.0500. The first kappa shape index (κ1) is 22.4. The number of nitrogens with zero attached hydrogens (tertiary/aromatic N) is 1. The maximum Gasteiger partial charge on any atom is 0.407 e. The van der Waals surface area contributed by atoms with E-state index in [0.29, 0.717) is 5.56 Å². The Balaban J connectivity index is 1.56. The Morgan fingerprint density at radius 2 is 1.84 bits per heavy atom. The summed E-state index contributed by atoms with van der Waals surface area (Å²) >= 11 is 1.15. The number of Topliss-reactive ketones (excluding diaryl/α,β-unsaturated/α-hetero) is 2. The van der Waals surface area contributed by atoms with Crippen molar-refractivity contribution in [3.8, 4) is 0 Å². The number of nitrogens with one attached hydrogen (secondary N) is 1. The standard InChI is InChI=1S/C23H22F2N2O4S/c1-12(19-10-26-23(30)31-19)16-9-17(24)15(8-18(16)25)11-27-13(2)20(28)21(29)22(32-27)14-6-4-3-5-7-14/h3-9,12-13,19,22H,10-11H2,1-2H3,(H,26,30)/t12?,13-,19?,22+/m0/s1. The number of hydrogen-bond donors (Lipinski definition) is 1. The first-order chi connectivity index (χ1) is 15.3. The fourth-order valence-electron chi connectivity index (χ4n) is 3.88. The van der Waals surface area contributed by atoms with E-state index in [1.54, 1.807) is 42.4 Å². The molecule has 0 aromatic heterocycles. The van der Waals surface area contributed by atoms with Gasteiger partial charge in [0.25, 0.3) is 0 Å². The Kier molecular flexibility index (Phi) is 6.30. The van der Waals surface area contributed by atoms with Crippen LogP contribution in [-0.2, 0) is 20.9 Å². The zero-order valence-corrected chi connectivity index (χ0v) is 18.3. The van der Waals surface area contributed by atoms with E-state index in [2.05, 4.69) is 5.32 Å². The lowest BCUT2D eigenvalue weighted by atomic mass is 9.93. The first-order valence-electron chi connectivity index (χ1n) is 10.2. The van der Waals surface area contributed by atoms with E-state index in [1.807, 2.05) is 6.07 Å². The zero-order valence-electron chi connectivity index (χ0n) is 17.5. The third-order valence-corrected chi connectivity index (χ3v) is 7.29. The number of hydrogen-bond acceptors (Lipinski definition) is 6. The number of ketones is 2. The molecule has 2 aromatic rings. The molecule has 0 saturated carbocycles. The Labute approximate surface area is 188 Å². The molecule has 0 spiro atoms. The fraction of sp³-hybridized carbons (Fsp3) is 0.348. The summed E-state index contributed by atoms with van der Waals surface area (Å²) in [5, 5.41) is 1.78. The normalized spacial score (nSPS) is 24.9. The van der Waals surface area contributed by atoms with Crippen LogP contribution >= 0.6 is 11.9 Å². The Morgan fingerprint density at radius 3 is 2.50 bits per heavy atom. The number of halogens is 2. The minimum atomic E-state index is -0.766. The molecule has 9 heteroatoms. The number of alkyl carbamates (subject to hydrolysis) is 1. The van der Waals surface area contributed by atoms with E-state index in [9.17, 15) is 23.2 Å².